The molecule has 112 valence electrons. The molecule has 0 bridgehead atoms. The summed E-state index contributed by atoms with van der Waals surface area (Å²) in [6, 6.07) is 0.155. The second-order valence-corrected chi connectivity index (χ2v) is 7.01. The molecular formula is C11H16N2O5S2. The molecule has 0 aliphatic heterocycles. The minimum absolute atomic E-state index is 0.0615. The van der Waals surface area contributed by atoms with Crippen molar-refractivity contribution in [1.29, 1.82) is 0 Å². The zero-order chi connectivity index (χ0) is 15.5. The minimum atomic E-state index is -3.93. The number of carbonyl (C=O) groups is 2. The van der Waals surface area contributed by atoms with Crippen LogP contribution in [0.25, 0.3) is 0 Å². The van der Waals surface area contributed by atoms with E-state index in [0.29, 0.717) is 11.4 Å². The highest BCUT2D eigenvalue weighted by Crippen LogP contribution is 2.25. The number of thiophene rings is 1. The van der Waals surface area contributed by atoms with Gasteiger partial charge < -0.3 is 10.4 Å². The summed E-state index contributed by atoms with van der Waals surface area (Å²) in [5.41, 5.74) is 0. The van der Waals surface area contributed by atoms with Crippen LogP contribution < -0.4 is 10.0 Å². The van der Waals surface area contributed by atoms with E-state index in [0.717, 1.165) is 17.4 Å². The fourth-order valence-corrected chi connectivity index (χ4v) is 4.15. The Labute approximate surface area is 121 Å². The van der Waals surface area contributed by atoms with Crippen molar-refractivity contribution in [2.45, 2.75) is 31.7 Å². The van der Waals surface area contributed by atoms with E-state index in [9.17, 15) is 18.0 Å². The molecule has 0 aliphatic carbocycles. The van der Waals surface area contributed by atoms with E-state index in [1.54, 1.807) is 6.92 Å². The maximum absolute atomic E-state index is 12.1. The van der Waals surface area contributed by atoms with Crippen LogP contribution in [0.1, 0.15) is 28.4 Å². The number of carboxylic acids is 1. The van der Waals surface area contributed by atoms with Gasteiger partial charge in [0.25, 0.3) is 0 Å². The third-order valence-corrected chi connectivity index (χ3v) is 5.28. The summed E-state index contributed by atoms with van der Waals surface area (Å²) in [6.45, 7) is 5.05. The van der Waals surface area contributed by atoms with E-state index in [2.05, 4.69) is 10.0 Å². The van der Waals surface area contributed by atoms with Gasteiger partial charge in [-0.2, -0.15) is 4.72 Å². The first-order chi connectivity index (χ1) is 9.19. The zero-order valence-electron chi connectivity index (χ0n) is 11.3. The number of aromatic carboxylic acids is 1. The molecular weight excluding hydrogens is 304 g/mol. The van der Waals surface area contributed by atoms with Crippen LogP contribution in [0.4, 0.5) is 0 Å². The molecule has 1 amide bonds. The molecule has 1 atom stereocenters. The van der Waals surface area contributed by atoms with Crippen molar-refractivity contribution < 1.29 is 23.1 Å². The number of hydrogen-bond acceptors (Lipinski definition) is 5. The Kier molecular flexibility index (Phi) is 5.26. The van der Waals surface area contributed by atoms with E-state index >= 15 is 0 Å². The first-order valence-electron chi connectivity index (χ1n) is 5.82. The predicted molar refractivity (Wildman–Crippen MR) is 74.5 cm³/mol. The van der Waals surface area contributed by atoms with Crippen LogP contribution in [0.5, 0.6) is 0 Å². The normalized spacial score (nSPS) is 12.9. The summed E-state index contributed by atoms with van der Waals surface area (Å²) in [7, 11) is -3.93. The Hall–Kier alpha value is -1.45. The van der Waals surface area contributed by atoms with E-state index in [-0.39, 0.29) is 9.77 Å². The molecule has 0 saturated carbocycles. The lowest BCUT2D eigenvalue weighted by Crippen LogP contribution is -2.44. The van der Waals surface area contributed by atoms with Crippen LogP contribution in [0.15, 0.2) is 11.0 Å². The lowest BCUT2D eigenvalue weighted by molar-refractivity contribution is -0.122. The van der Waals surface area contributed by atoms with Gasteiger partial charge in [-0.25, -0.2) is 13.2 Å². The van der Waals surface area contributed by atoms with Gasteiger partial charge in [0.05, 0.1) is 10.9 Å². The number of carbonyl (C=O) groups excluding carboxylic acids is 1. The molecule has 0 radical (unpaired) electrons. The molecule has 0 fully saturated rings. The summed E-state index contributed by atoms with van der Waals surface area (Å²) in [5.74, 6) is -1.63. The molecule has 1 heterocycles. The number of nitrogens with one attached hydrogen (secondary N) is 2. The number of aryl methyl sites for hydroxylation is 1. The Bertz CT molecular complexity index is 621. The highest BCUT2D eigenvalue weighted by atomic mass is 32.2. The van der Waals surface area contributed by atoms with Crippen molar-refractivity contribution in [1.82, 2.24) is 10.0 Å². The van der Waals surface area contributed by atoms with Gasteiger partial charge >= 0.3 is 5.97 Å². The SMILES string of the molecule is CCNC(=O)C(C)NS(=O)(=O)c1cc(C(=O)O)sc1C. The highest BCUT2D eigenvalue weighted by Gasteiger charge is 2.26. The van der Waals surface area contributed by atoms with Gasteiger partial charge in [0.2, 0.25) is 15.9 Å². The number of rotatable bonds is 6. The van der Waals surface area contributed by atoms with Gasteiger partial charge in [-0.15, -0.1) is 11.3 Å². The van der Waals surface area contributed by atoms with Crippen molar-refractivity contribution in [2.24, 2.45) is 0 Å². The molecule has 0 saturated heterocycles. The highest BCUT2D eigenvalue weighted by molar-refractivity contribution is 7.89. The molecule has 1 unspecified atom stereocenters. The molecule has 1 aromatic heterocycles. The van der Waals surface area contributed by atoms with E-state index < -0.39 is 27.9 Å². The van der Waals surface area contributed by atoms with Crippen LogP contribution in [0, 0.1) is 6.92 Å². The Balaban J connectivity index is 3.00. The minimum Gasteiger partial charge on any atom is -0.477 e. The third-order valence-electron chi connectivity index (χ3n) is 2.45. The predicted octanol–water partition coefficient (Wildman–Crippen LogP) is 0.558. The molecule has 0 aromatic carbocycles. The Morgan fingerprint density at radius 3 is 2.50 bits per heavy atom. The number of sulfonamides is 1. The van der Waals surface area contributed by atoms with E-state index in [4.69, 9.17) is 5.11 Å². The quantitative estimate of drug-likeness (QED) is 0.709. The van der Waals surface area contributed by atoms with Crippen molar-refractivity contribution in [3.8, 4) is 0 Å². The van der Waals surface area contributed by atoms with Crippen molar-refractivity contribution in [3.05, 3.63) is 15.8 Å². The molecule has 9 heteroatoms. The van der Waals surface area contributed by atoms with Gasteiger partial charge in [0.15, 0.2) is 0 Å². The van der Waals surface area contributed by atoms with Crippen molar-refractivity contribution in [2.75, 3.05) is 6.54 Å². The number of likely N-dealkylation sites (N-methyl/N-ethyl adjacent to an activating group) is 1. The topological polar surface area (TPSA) is 113 Å². The first-order valence-corrected chi connectivity index (χ1v) is 8.12. The average molecular weight is 320 g/mol. The van der Waals surface area contributed by atoms with E-state index in [1.165, 1.54) is 13.8 Å². The van der Waals surface area contributed by atoms with Crippen LogP contribution in [-0.4, -0.2) is 38.0 Å². The van der Waals surface area contributed by atoms with Gasteiger partial charge in [-0.1, -0.05) is 0 Å². The monoisotopic (exact) mass is 320 g/mol. The third kappa shape index (κ3) is 3.78. The second kappa shape index (κ2) is 6.33. The number of hydrogen-bond donors (Lipinski definition) is 3. The van der Waals surface area contributed by atoms with Crippen LogP contribution in [0.3, 0.4) is 0 Å². The van der Waals surface area contributed by atoms with Crippen LogP contribution in [-0.2, 0) is 14.8 Å². The Morgan fingerprint density at radius 2 is 2.05 bits per heavy atom. The molecule has 1 rings (SSSR count). The Morgan fingerprint density at radius 1 is 1.45 bits per heavy atom. The molecule has 0 spiro atoms. The molecule has 0 aliphatic rings. The molecule has 1 aromatic rings. The summed E-state index contributed by atoms with van der Waals surface area (Å²) in [5, 5.41) is 11.4. The summed E-state index contributed by atoms with van der Waals surface area (Å²) in [6.07, 6.45) is 0. The summed E-state index contributed by atoms with van der Waals surface area (Å²) in [4.78, 5) is 22.5. The standard InChI is InChI=1S/C11H16N2O5S2/c1-4-12-10(14)6(2)13-20(17,18)9-5-8(11(15)16)19-7(9)3/h5-6,13H,4H2,1-3H3,(H,12,14)(H,15,16). The van der Waals surface area contributed by atoms with Crippen LogP contribution in [0.2, 0.25) is 0 Å². The van der Waals surface area contributed by atoms with E-state index in [1.807, 2.05) is 0 Å². The molecule has 7 nitrogen and oxygen atoms in total. The maximum Gasteiger partial charge on any atom is 0.345 e. The summed E-state index contributed by atoms with van der Waals surface area (Å²) < 4.78 is 26.5. The smallest absolute Gasteiger partial charge is 0.345 e. The molecule has 3 N–H and O–H groups in total. The average Bonchev–Trinajstić information content (AvgIpc) is 2.72. The summed E-state index contributed by atoms with van der Waals surface area (Å²) >= 11 is 0.876. The first kappa shape index (κ1) is 16.6. The zero-order valence-corrected chi connectivity index (χ0v) is 12.9. The fourth-order valence-electron chi connectivity index (χ4n) is 1.51. The molecule has 20 heavy (non-hydrogen) atoms. The van der Waals surface area contributed by atoms with Gasteiger partial charge in [0.1, 0.15) is 4.88 Å². The van der Waals surface area contributed by atoms with Gasteiger partial charge in [-0.3, -0.25) is 4.79 Å². The fraction of sp³-hybridized carbons (Fsp3) is 0.455. The van der Waals surface area contributed by atoms with Crippen molar-refractivity contribution >= 4 is 33.2 Å². The van der Waals surface area contributed by atoms with Gasteiger partial charge in [0, 0.05) is 11.4 Å². The second-order valence-electron chi connectivity index (χ2n) is 4.07. The number of carboxylic acid groups (broad SMARTS) is 1. The van der Waals surface area contributed by atoms with Crippen molar-refractivity contribution in [3.63, 3.8) is 0 Å². The van der Waals surface area contributed by atoms with Crippen LogP contribution >= 0.6 is 11.3 Å². The number of amides is 1. The largest absolute Gasteiger partial charge is 0.477 e. The maximum atomic E-state index is 12.1. The lowest BCUT2D eigenvalue weighted by Gasteiger charge is -2.13. The lowest BCUT2D eigenvalue weighted by atomic mass is 10.3. The van der Waals surface area contributed by atoms with Gasteiger partial charge in [-0.05, 0) is 26.8 Å².